The Kier molecular flexibility index (Phi) is 6.02. The molecule has 0 spiro atoms. The number of rotatable bonds is 6. The maximum absolute atomic E-state index is 12.2. The van der Waals surface area contributed by atoms with Crippen LogP contribution in [0, 0.1) is 5.92 Å². The summed E-state index contributed by atoms with van der Waals surface area (Å²) in [7, 11) is 0. The van der Waals surface area contributed by atoms with E-state index in [9.17, 15) is 9.59 Å². The highest BCUT2D eigenvalue weighted by Crippen LogP contribution is 2.24. The summed E-state index contributed by atoms with van der Waals surface area (Å²) in [4.78, 5) is 25.2. The molecule has 2 atom stereocenters. The minimum atomic E-state index is -0.124. The predicted molar refractivity (Wildman–Crippen MR) is 101 cm³/mol. The quantitative estimate of drug-likeness (QED) is 0.859. The smallest absolute Gasteiger partial charge is 0.266 e. The van der Waals surface area contributed by atoms with Gasteiger partial charge in [0.15, 0.2) is 0 Å². The van der Waals surface area contributed by atoms with Crippen molar-refractivity contribution in [3.8, 4) is 10.6 Å². The summed E-state index contributed by atoms with van der Waals surface area (Å²) in [5, 5.41) is 9.57. The first-order valence-corrected chi connectivity index (χ1v) is 9.93. The number of carbonyl (C=O) groups is 1. The summed E-state index contributed by atoms with van der Waals surface area (Å²) in [6.45, 7) is 2.68. The lowest BCUT2D eigenvalue weighted by atomic mass is 9.86. The highest BCUT2D eigenvalue weighted by molar-refractivity contribution is 7.13. The SMILES string of the molecule is CC1CCCCC1NC(=O)CCCn1nc(-c2cccs2)ccc1=O. The molecule has 5 nitrogen and oxygen atoms in total. The number of aromatic nitrogens is 2. The van der Waals surface area contributed by atoms with Crippen LogP contribution < -0.4 is 10.9 Å². The van der Waals surface area contributed by atoms with Crippen molar-refractivity contribution in [1.82, 2.24) is 15.1 Å². The number of carbonyl (C=O) groups excluding carboxylic acids is 1. The Morgan fingerprint density at radius 2 is 2.16 bits per heavy atom. The Morgan fingerprint density at radius 1 is 1.32 bits per heavy atom. The van der Waals surface area contributed by atoms with Crippen LogP contribution in [0.2, 0.25) is 0 Å². The minimum Gasteiger partial charge on any atom is -0.353 e. The Balaban J connectivity index is 1.52. The van der Waals surface area contributed by atoms with Crippen molar-refractivity contribution < 1.29 is 4.79 Å². The Hall–Kier alpha value is -1.95. The van der Waals surface area contributed by atoms with Gasteiger partial charge >= 0.3 is 0 Å². The van der Waals surface area contributed by atoms with Crippen LogP contribution in [0.1, 0.15) is 45.4 Å². The highest BCUT2D eigenvalue weighted by atomic mass is 32.1. The fourth-order valence-corrected chi connectivity index (χ4v) is 4.05. The number of aryl methyl sites for hydroxylation is 1. The molecule has 0 aliphatic heterocycles. The fraction of sp³-hybridized carbons (Fsp3) is 0.526. The standard InChI is InChI=1S/C19H25N3O2S/c1-14-6-2-3-7-15(14)20-18(23)9-4-12-22-19(24)11-10-16(21-22)17-8-5-13-25-17/h5,8,10-11,13-15H,2-4,6-7,9,12H2,1H3,(H,20,23). The average Bonchev–Trinajstić information content (AvgIpc) is 3.13. The van der Waals surface area contributed by atoms with Crippen molar-refractivity contribution >= 4 is 17.2 Å². The molecule has 0 bridgehead atoms. The molecule has 6 heteroatoms. The summed E-state index contributed by atoms with van der Waals surface area (Å²) in [5.41, 5.74) is 0.677. The van der Waals surface area contributed by atoms with Gasteiger partial charge in [0.25, 0.3) is 5.56 Å². The summed E-state index contributed by atoms with van der Waals surface area (Å²) in [6, 6.07) is 7.56. The van der Waals surface area contributed by atoms with Gasteiger partial charge in [0.05, 0.1) is 4.88 Å². The summed E-state index contributed by atoms with van der Waals surface area (Å²) < 4.78 is 1.46. The van der Waals surface area contributed by atoms with Crippen molar-refractivity contribution in [2.45, 2.75) is 58.0 Å². The zero-order chi connectivity index (χ0) is 17.6. The topological polar surface area (TPSA) is 64.0 Å². The van der Waals surface area contributed by atoms with E-state index in [2.05, 4.69) is 17.3 Å². The van der Waals surface area contributed by atoms with Crippen LogP contribution in [-0.2, 0) is 11.3 Å². The largest absolute Gasteiger partial charge is 0.353 e. The van der Waals surface area contributed by atoms with Crippen molar-refractivity contribution in [2.75, 3.05) is 0 Å². The molecule has 2 heterocycles. The monoisotopic (exact) mass is 359 g/mol. The van der Waals surface area contributed by atoms with Crippen molar-refractivity contribution in [3.63, 3.8) is 0 Å². The van der Waals surface area contributed by atoms with Crippen LogP contribution in [0.15, 0.2) is 34.4 Å². The van der Waals surface area contributed by atoms with Crippen LogP contribution in [0.25, 0.3) is 10.6 Å². The average molecular weight is 359 g/mol. The van der Waals surface area contributed by atoms with Gasteiger partial charge in [-0.1, -0.05) is 25.8 Å². The van der Waals surface area contributed by atoms with E-state index < -0.39 is 0 Å². The highest BCUT2D eigenvalue weighted by Gasteiger charge is 2.22. The van der Waals surface area contributed by atoms with E-state index in [1.165, 1.54) is 23.9 Å². The van der Waals surface area contributed by atoms with Gasteiger partial charge in [-0.05, 0) is 42.7 Å². The second kappa shape index (κ2) is 8.43. The second-order valence-electron chi connectivity index (χ2n) is 6.80. The van der Waals surface area contributed by atoms with Gasteiger partial charge in [0.2, 0.25) is 5.91 Å². The molecular weight excluding hydrogens is 334 g/mol. The third-order valence-corrected chi connectivity index (χ3v) is 5.76. The number of nitrogens with zero attached hydrogens (tertiary/aromatic N) is 2. The number of amides is 1. The first-order chi connectivity index (χ1) is 12.1. The molecular formula is C19H25N3O2S. The van der Waals surface area contributed by atoms with Crippen LogP contribution in [0.4, 0.5) is 0 Å². The van der Waals surface area contributed by atoms with E-state index in [1.807, 2.05) is 17.5 Å². The molecule has 1 aliphatic carbocycles. The molecule has 1 amide bonds. The number of nitrogens with one attached hydrogen (secondary N) is 1. The van der Waals surface area contributed by atoms with E-state index in [-0.39, 0.29) is 11.5 Å². The Morgan fingerprint density at radius 3 is 2.92 bits per heavy atom. The summed E-state index contributed by atoms with van der Waals surface area (Å²) in [6.07, 6.45) is 5.79. The van der Waals surface area contributed by atoms with E-state index in [1.54, 1.807) is 23.5 Å². The summed E-state index contributed by atoms with van der Waals surface area (Å²) in [5.74, 6) is 0.644. The van der Waals surface area contributed by atoms with Crippen molar-refractivity contribution in [3.05, 3.63) is 40.0 Å². The van der Waals surface area contributed by atoms with Gasteiger partial charge < -0.3 is 5.32 Å². The Labute approximate surface area is 152 Å². The molecule has 1 N–H and O–H groups in total. The molecule has 3 rings (SSSR count). The zero-order valence-corrected chi connectivity index (χ0v) is 15.4. The number of hydrogen-bond donors (Lipinski definition) is 1. The molecule has 0 aromatic carbocycles. The fourth-order valence-electron chi connectivity index (χ4n) is 3.36. The molecule has 2 unspecified atom stereocenters. The van der Waals surface area contributed by atoms with Gasteiger partial charge in [-0.3, -0.25) is 9.59 Å². The van der Waals surface area contributed by atoms with E-state index >= 15 is 0 Å². The third-order valence-electron chi connectivity index (χ3n) is 4.87. The van der Waals surface area contributed by atoms with Crippen LogP contribution in [-0.4, -0.2) is 21.7 Å². The molecule has 0 saturated heterocycles. The van der Waals surface area contributed by atoms with Crippen molar-refractivity contribution in [2.24, 2.45) is 5.92 Å². The van der Waals surface area contributed by atoms with E-state index in [0.717, 1.165) is 17.0 Å². The zero-order valence-electron chi connectivity index (χ0n) is 14.6. The van der Waals surface area contributed by atoms with Crippen LogP contribution >= 0.6 is 11.3 Å². The van der Waals surface area contributed by atoms with Crippen LogP contribution in [0.3, 0.4) is 0 Å². The third kappa shape index (κ3) is 4.78. The van der Waals surface area contributed by atoms with E-state index in [0.29, 0.717) is 31.3 Å². The molecule has 134 valence electrons. The molecule has 1 fully saturated rings. The normalized spacial score (nSPS) is 20.4. The Bertz CT molecular complexity index is 754. The lowest BCUT2D eigenvalue weighted by Gasteiger charge is -2.29. The lowest BCUT2D eigenvalue weighted by molar-refractivity contribution is -0.122. The molecule has 1 aliphatic rings. The van der Waals surface area contributed by atoms with Gasteiger partial charge in [0.1, 0.15) is 5.69 Å². The second-order valence-corrected chi connectivity index (χ2v) is 7.74. The predicted octanol–water partition coefficient (Wildman–Crippen LogP) is 3.45. The molecule has 25 heavy (non-hydrogen) atoms. The molecule has 1 saturated carbocycles. The molecule has 0 radical (unpaired) electrons. The maximum atomic E-state index is 12.2. The van der Waals surface area contributed by atoms with Gasteiger partial charge in [-0.15, -0.1) is 11.3 Å². The first kappa shape index (κ1) is 17.9. The van der Waals surface area contributed by atoms with Crippen molar-refractivity contribution in [1.29, 1.82) is 0 Å². The van der Waals surface area contributed by atoms with Gasteiger partial charge in [0, 0.05) is 25.1 Å². The number of thiophene rings is 1. The molecule has 2 aromatic rings. The molecule has 2 aromatic heterocycles. The summed E-state index contributed by atoms with van der Waals surface area (Å²) >= 11 is 1.60. The lowest BCUT2D eigenvalue weighted by Crippen LogP contribution is -2.41. The van der Waals surface area contributed by atoms with Crippen LogP contribution in [0.5, 0.6) is 0 Å². The van der Waals surface area contributed by atoms with Gasteiger partial charge in [-0.25, -0.2) is 4.68 Å². The van der Waals surface area contributed by atoms with E-state index in [4.69, 9.17) is 0 Å². The van der Waals surface area contributed by atoms with Gasteiger partial charge in [-0.2, -0.15) is 5.10 Å². The minimum absolute atomic E-state index is 0.0845. The number of hydrogen-bond acceptors (Lipinski definition) is 4. The first-order valence-electron chi connectivity index (χ1n) is 9.05. The maximum Gasteiger partial charge on any atom is 0.266 e.